The Kier molecular flexibility index (Phi) is 1.43. The molecule has 0 unspecified atom stereocenters. The molecule has 0 atom stereocenters. The van der Waals surface area contributed by atoms with Gasteiger partial charge in [0.15, 0.2) is 0 Å². The summed E-state index contributed by atoms with van der Waals surface area (Å²) in [6, 6.07) is 4.62. The van der Waals surface area contributed by atoms with Crippen molar-refractivity contribution in [2.24, 2.45) is 0 Å². The van der Waals surface area contributed by atoms with E-state index in [0.29, 0.717) is 17.9 Å². The summed E-state index contributed by atoms with van der Waals surface area (Å²) in [5.41, 5.74) is 0.624. The van der Waals surface area contributed by atoms with Gasteiger partial charge >= 0.3 is 0 Å². The standard InChI is InChI=1S/C9H8O3/c10-6-1-2-7-8(11)3-4-12-9(7)5-6/h1-3,5,10-11H,4H2. The zero-order valence-electron chi connectivity index (χ0n) is 6.32. The molecule has 0 aromatic heterocycles. The summed E-state index contributed by atoms with van der Waals surface area (Å²) in [6.45, 7) is 0.349. The van der Waals surface area contributed by atoms with E-state index in [1.165, 1.54) is 12.1 Å². The van der Waals surface area contributed by atoms with Crippen LogP contribution in [0, 0.1) is 0 Å². The lowest BCUT2D eigenvalue weighted by molar-refractivity contribution is 0.343. The van der Waals surface area contributed by atoms with E-state index in [1.54, 1.807) is 12.1 Å². The second kappa shape index (κ2) is 2.44. The molecule has 3 heteroatoms. The third-order valence-corrected chi connectivity index (χ3v) is 1.76. The van der Waals surface area contributed by atoms with Crippen molar-refractivity contribution in [1.29, 1.82) is 0 Å². The van der Waals surface area contributed by atoms with Crippen molar-refractivity contribution in [3.63, 3.8) is 0 Å². The first-order valence-corrected chi connectivity index (χ1v) is 3.62. The van der Waals surface area contributed by atoms with Gasteiger partial charge in [0, 0.05) is 6.07 Å². The van der Waals surface area contributed by atoms with Crippen LogP contribution < -0.4 is 4.74 Å². The highest BCUT2D eigenvalue weighted by atomic mass is 16.5. The van der Waals surface area contributed by atoms with E-state index in [9.17, 15) is 5.11 Å². The number of phenols is 1. The Balaban J connectivity index is 2.56. The Labute approximate surface area is 69.5 Å². The van der Waals surface area contributed by atoms with Crippen LogP contribution in [0.4, 0.5) is 0 Å². The summed E-state index contributed by atoms with van der Waals surface area (Å²) in [7, 11) is 0. The Bertz CT molecular complexity index is 342. The molecule has 0 aliphatic carbocycles. The van der Waals surface area contributed by atoms with Crippen molar-refractivity contribution in [3.05, 3.63) is 29.8 Å². The summed E-state index contributed by atoms with van der Waals surface area (Å²) in [5, 5.41) is 18.4. The van der Waals surface area contributed by atoms with E-state index in [0.717, 1.165) is 0 Å². The number of fused-ring (bicyclic) bond motifs is 1. The van der Waals surface area contributed by atoms with Gasteiger partial charge in [-0.3, -0.25) is 0 Å². The highest BCUT2D eigenvalue weighted by Crippen LogP contribution is 2.30. The molecule has 1 heterocycles. The van der Waals surface area contributed by atoms with Gasteiger partial charge in [0.1, 0.15) is 23.9 Å². The molecule has 3 nitrogen and oxygen atoms in total. The van der Waals surface area contributed by atoms with Crippen molar-refractivity contribution in [2.75, 3.05) is 6.61 Å². The second-order valence-corrected chi connectivity index (χ2v) is 2.58. The third-order valence-electron chi connectivity index (χ3n) is 1.76. The number of rotatable bonds is 0. The minimum atomic E-state index is 0.142. The Hall–Kier alpha value is -1.64. The number of aromatic hydroxyl groups is 1. The topological polar surface area (TPSA) is 49.7 Å². The quantitative estimate of drug-likeness (QED) is 0.613. The van der Waals surface area contributed by atoms with Crippen LogP contribution in [-0.2, 0) is 0 Å². The number of benzene rings is 1. The molecule has 1 aliphatic rings. The SMILES string of the molecule is OC1=CCOc2cc(O)ccc21. The number of aliphatic hydroxyl groups is 1. The maximum absolute atomic E-state index is 9.35. The van der Waals surface area contributed by atoms with Crippen LogP contribution in [0.25, 0.3) is 5.76 Å². The van der Waals surface area contributed by atoms with Gasteiger partial charge in [0.25, 0.3) is 0 Å². The van der Waals surface area contributed by atoms with Crippen LogP contribution in [0.5, 0.6) is 11.5 Å². The fourth-order valence-corrected chi connectivity index (χ4v) is 1.16. The molecule has 1 aromatic carbocycles. The van der Waals surface area contributed by atoms with E-state index < -0.39 is 0 Å². The fraction of sp³-hybridized carbons (Fsp3) is 0.111. The summed E-state index contributed by atoms with van der Waals surface area (Å²) in [4.78, 5) is 0. The van der Waals surface area contributed by atoms with Crippen LogP contribution in [0.2, 0.25) is 0 Å². The van der Waals surface area contributed by atoms with E-state index in [2.05, 4.69) is 0 Å². The van der Waals surface area contributed by atoms with E-state index in [4.69, 9.17) is 9.84 Å². The highest BCUT2D eigenvalue weighted by molar-refractivity contribution is 5.67. The number of aliphatic hydroxyl groups excluding tert-OH is 1. The predicted molar refractivity (Wildman–Crippen MR) is 44.2 cm³/mol. The molecule has 0 amide bonds. The monoisotopic (exact) mass is 164 g/mol. The van der Waals surface area contributed by atoms with Crippen molar-refractivity contribution in [1.82, 2.24) is 0 Å². The van der Waals surface area contributed by atoms with Gasteiger partial charge < -0.3 is 14.9 Å². The summed E-state index contributed by atoms with van der Waals surface area (Å²) in [5.74, 6) is 0.870. The Morgan fingerprint density at radius 1 is 1.25 bits per heavy atom. The minimum absolute atomic E-state index is 0.142. The molecule has 0 bridgehead atoms. The lowest BCUT2D eigenvalue weighted by Gasteiger charge is -2.14. The van der Waals surface area contributed by atoms with Gasteiger partial charge in [0.2, 0.25) is 0 Å². The average molecular weight is 164 g/mol. The number of phenolic OH excluding ortho intramolecular Hbond substituents is 1. The smallest absolute Gasteiger partial charge is 0.134 e. The first-order chi connectivity index (χ1) is 5.77. The largest absolute Gasteiger partial charge is 0.508 e. The first-order valence-electron chi connectivity index (χ1n) is 3.62. The minimum Gasteiger partial charge on any atom is -0.508 e. The van der Waals surface area contributed by atoms with Gasteiger partial charge in [-0.05, 0) is 18.2 Å². The molecule has 1 aliphatic heterocycles. The van der Waals surface area contributed by atoms with Crippen molar-refractivity contribution < 1.29 is 14.9 Å². The van der Waals surface area contributed by atoms with Gasteiger partial charge in [-0.25, -0.2) is 0 Å². The molecule has 12 heavy (non-hydrogen) atoms. The van der Waals surface area contributed by atoms with Crippen LogP contribution in [0.3, 0.4) is 0 Å². The fourth-order valence-electron chi connectivity index (χ4n) is 1.16. The molecular formula is C9H8O3. The van der Waals surface area contributed by atoms with Crippen molar-refractivity contribution in [3.8, 4) is 11.5 Å². The summed E-state index contributed by atoms with van der Waals surface area (Å²) in [6.07, 6.45) is 1.58. The van der Waals surface area contributed by atoms with E-state index in [-0.39, 0.29) is 11.5 Å². The molecule has 2 N–H and O–H groups in total. The molecule has 0 saturated heterocycles. The van der Waals surface area contributed by atoms with Crippen molar-refractivity contribution in [2.45, 2.75) is 0 Å². The second-order valence-electron chi connectivity index (χ2n) is 2.58. The predicted octanol–water partition coefficient (Wildman–Crippen LogP) is 1.68. The van der Waals surface area contributed by atoms with Crippen molar-refractivity contribution >= 4 is 5.76 Å². The lowest BCUT2D eigenvalue weighted by Crippen LogP contribution is -2.03. The molecular weight excluding hydrogens is 156 g/mol. The molecule has 0 radical (unpaired) electrons. The molecule has 62 valence electrons. The van der Waals surface area contributed by atoms with Gasteiger partial charge in [-0.2, -0.15) is 0 Å². The molecule has 0 spiro atoms. The molecule has 2 rings (SSSR count). The highest BCUT2D eigenvalue weighted by Gasteiger charge is 2.12. The van der Waals surface area contributed by atoms with Gasteiger partial charge in [-0.15, -0.1) is 0 Å². The zero-order chi connectivity index (χ0) is 8.55. The maximum atomic E-state index is 9.35. The third kappa shape index (κ3) is 0.993. The Morgan fingerprint density at radius 3 is 2.92 bits per heavy atom. The van der Waals surface area contributed by atoms with Crippen LogP contribution in [-0.4, -0.2) is 16.8 Å². The van der Waals surface area contributed by atoms with Gasteiger partial charge in [-0.1, -0.05) is 0 Å². The molecule has 1 aromatic rings. The van der Waals surface area contributed by atoms with E-state index in [1.807, 2.05) is 0 Å². The van der Waals surface area contributed by atoms with Crippen LogP contribution in [0.1, 0.15) is 5.56 Å². The number of hydrogen-bond acceptors (Lipinski definition) is 3. The maximum Gasteiger partial charge on any atom is 0.134 e. The first kappa shape index (κ1) is 7.03. The van der Waals surface area contributed by atoms with Crippen LogP contribution >= 0.6 is 0 Å². The number of ether oxygens (including phenoxy) is 1. The van der Waals surface area contributed by atoms with E-state index >= 15 is 0 Å². The number of hydrogen-bond donors (Lipinski definition) is 2. The molecule has 0 saturated carbocycles. The summed E-state index contributed by atoms with van der Waals surface area (Å²) < 4.78 is 5.18. The summed E-state index contributed by atoms with van der Waals surface area (Å²) >= 11 is 0. The van der Waals surface area contributed by atoms with Crippen LogP contribution in [0.15, 0.2) is 24.3 Å². The average Bonchev–Trinajstić information content (AvgIpc) is 2.04. The lowest BCUT2D eigenvalue weighted by atomic mass is 10.1. The normalized spacial score (nSPS) is 14.5. The Morgan fingerprint density at radius 2 is 2.08 bits per heavy atom. The van der Waals surface area contributed by atoms with Gasteiger partial charge in [0.05, 0.1) is 5.56 Å². The molecule has 0 fully saturated rings. The zero-order valence-corrected chi connectivity index (χ0v) is 6.32.